The van der Waals surface area contributed by atoms with Crippen LogP contribution in [-0.2, 0) is 14.3 Å². The molecule has 1 fully saturated rings. The summed E-state index contributed by atoms with van der Waals surface area (Å²) in [7, 11) is 3.05. The molecule has 0 saturated carbocycles. The molecule has 1 heterocycles. The molecule has 0 bridgehead atoms. The number of amides is 1. The molecule has 8 heteroatoms. The topological polar surface area (TPSA) is 94.5 Å². The zero-order chi connectivity index (χ0) is 27.1. The van der Waals surface area contributed by atoms with Gasteiger partial charge in [0.05, 0.1) is 38.5 Å². The first-order chi connectivity index (χ1) is 17.7. The summed E-state index contributed by atoms with van der Waals surface area (Å²) in [5.41, 5.74) is 1.07. The Morgan fingerprint density at radius 3 is 2.24 bits per heavy atom. The van der Waals surface area contributed by atoms with Gasteiger partial charge < -0.3 is 29.0 Å². The van der Waals surface area contributed by atoms with Crippen molar-refractivity contribution in [3.63, 3.8) is 0 Å². The summed E-state index contributed by atoms with van der Waals surface area (Å²) in [6.07, 6.45) is 0.598. The number of carbonyl (C=O) groups is 2. The summed E-state index contributed by atoms with van der Waals surface area (Å²) in [5, 5.41) is 11.3. The number of nitrogens with zero attached hydrogens (tertiary/aromatic N) is 1. The molecule has 1 unspecified atom stereocenters. The molecule has 0 aromatic heterocycles. The van der Waals surface area contributed by atoms with Crippen LogP contribution in [0, 0.1) is 5.92 Å². The third-order valence-corrected chi connectivity index (χ3v) is 5.97. The molecule has 2 aromatic rings. The lowest BCUT2D eigenvalue weighted by atomic mass is 9.95. The molecule has 1 atom stereocenters. The fraction of sp³-hybridized carbons (Fsp3) is 0.448. The van der Waals surface area contributed by atoms with E-state index in [4.69, 9.17) is 18.9 Å². The number of hydrogen-bond acceptors (Lipinski definition) is 7. The van der Waals surface area contributed by atoms with Crippen LogP contribution < -0.4 is 14.2 Å². The first-order valence-electron chi connectivity index (χ1n) is 12.5. The summed E-state index contributed by atoms with van der Waals surface area (Å²) in [4.78, 5) is 27.9. The van der Waals surface area contributed by atoms with E-state index in [1.807, 2.05) is 13.8 Å². The number of aliphatic hydroxyl groups excluding tert-OH is 1. The van der Waals surface area contributed by atoms with Crippen LogP contribution in [0.4, 0.5) is 0 Å². The van der Waals surface area contributed by atoms with E-state index < -0.39 is 17.7 Å². The Bertz CT molecular complexity index is 1120. The molecule has 0 spiro atoms. The van der Waals surface area contributed by atoms with E-state index in [-0.39, 0.29) is 24.0 Å². The van der Waals surface area contributed by atoms with Gasteiger partial charge in [-0.15, -0.1) is 0 Å². The van der Waals surface area contributed by atoms with E-state index in [1.165, 1.54) is 19.1 Å². The van der Waals surface area contributed by atoms with Crippen molar-refractivity contribution in [1.29, 1.82) is 0 Å². The van der Waals surface area contributed by atoms with Crippen molar-refractivity contribution in [3.05, 3.63) is 59.2 Å². The number of likely N-dealkylation sites (tertiary alicyclic amines) is 1. The molecule has 37 heavy (non-hydrogen) atoms. The SMILES string of the molecule is COc1ccc(C2/C(=C(/O)c3ccc(OCC(C)C)cc3)C(=O)C(=O)N2CCCOC(C)C)cc1OC. The average molecular weight is 512 g/mol. The van der Waals surface area contributed by atoms with Crippen molar-refractivity contribution in [1.82, 2.24) is 4.90 Å². The number of Topliss-reactive ketones (excluding diaryl/α,β-unsaturated/α-hetero) is 1. The van der Waals surface area contributed by atoms with Crippen LogP contribution in [-0.4, -0.2) is 61.8 Å². The predicted molar refractivity (Wildman–Crippen MR) is 141 cm³/mol. The van der Waals surface area contributed by atoms with Crippen LogP contribution in [0.25, 0.3) is 5.76 Å². The second kappa shape index (κ2) is 12.6. The second-order valence-electron chi connectivity index (χ2n) is 9.61. The molecule has 1 N–H and O–H groups in total. The Kier molecular flexibility index (Phi) is 9.58. The standard InChI is InChI=1S/C29H37NO7/c1-18(2)17-37-22-11-8-20(9-12-22)27(31)25-26(21-10-13-23(34-5)24(16-21)35-6)30(29(33)28(25)32)14-7-15-36-19(3)4/h8-13,16,18-19,26,31H,7,14-15,17H2,1-6H3/b27-25-. The molecule has 0 radical (unpaired) electrons. The summed E-state index contributed by atoms with van der Waals surface area (Å²) in [5.74, 6) is 0.370. The van der Waals surface area contributed by atoms with Crippen LogP contribution in [0.5, 0.6) is 17.2 Å². The van der Waals surface area contributed by atoms with Crippen LogP contribution in [0.3, 0.4) is 0 Å². The van der Waals surface area contributed by atoms with Gasteiger partial charge in [0.2, 0.25) is 0 Å². The third-order valence-electron chi connectivity index (χ3n) is 5.97. The Morgan fingerprint density at radius 2 is 1.65 bits per heavy atom. The number of hydrogen-bond donors (Lipinski definition) is 1. The van der Waals surface area contributed by atoms with Gasteiger partial charge in [0.15, 0.2) is 11.5 Å². The highest BCUT2D eigenvalue weighted by Crippen LogP contribution is 2.42. The van der Waals surface area contributed by atoms with E-state index >= 15 is 0 Å². The minimum Gasteiger partial charge on any atom is -0.507 e. The Morgan fingerprint density at radius 1 is 0.973 bits per heavy atom. The molecular formula is C29H37NO7. The van der Waals surface area contributed by atoms with Gasteiger partial charge in [0, 0.05) is 18.7 Å². The minimum atomic E-state index is -0.796. The van der Waals surface area contributed by atoms with Crippen molar-refractivity contribution in [3.8, 4) is 17.2 Å². The van der Waals surface area contributed by atoms with Crippen LogP contribution >= 0.6 is 0 Å². The van der Waals surface area contributed by atoms with Crippen LogP contribution in [0.1, 0.15) is 51.3 Å². The highest BCUT2D eigenvalue weighted by atomic mass is 16.5. The molecular weight excluding hydrogens is 474 g/mol. The Hall–Kier alpha value is -3.52. The Balaban J connectivity index is 2.03. The predicted octanol–water partition coefficient (Wildman–Crippen LogP) is 4.98. The van der Waals surface area contributed by atoms with Gasteiger partial charge in [-0.25, -0.2) is 0 Å². The number of carbonyl (C=O) groups excluding carboxylic acids is 2. The zero-order valence-corrected chi connectivity index (χ0v) is 22.4. The second-order valence-corrected chi connectivity index (χ2v) is 9.61. The van der Waals surface area contributed by atoms with Gasteiger partial charge in [-0.1, -0.05) is 19.9 Å². The van der Waals surface area contributed by atoms with Crippen molar-refractivity contribution in [2.45, 2.75) is 46.3 Å². The van der Waals surface area contributed by atoms with Crippen molar-refractivity contribution in [2.75, 3.05) is 34.0 Å². The lowest BCUT2D eigenvalue weighted by Crippen LogP contribution is -2.31. The van der Waals surface area contributed by atoms with E-state index in [9.17, 15) is 14.7 Å². The molecule has 8 nitrogen and oxygen atoms in total. The van der Waals surface area contributed by atoms with E-state index in [1.54, 1.807) is 42.5 Å². The highest BCUT2D eigenvalue weighted by molar-refractivity contribution is 6.46. The summed E-state index contributed by atoms with van der Waals surface area (Å²) in [6.45, 7) is 9.29. The molecule has 200 valence electrons. The maximum Gasteiger partial charge on any atom is 0.295 e. The summed E-state index contributed by atoms with van der Waals surface area (Å²) in [6, 6.07) is 11.3. The quantitative estimate of drug-likeness (QED) is 0.186. The first kappa shape index (κ1) is 28.1. The van der Waals surface area contributed by atoms with E-state index in [2.05, 4.69) is 13.8 Å². The number of rotatable bonds is 12. The van der Waals surface area contributed by atoms with Crippen molar-refractivity contribution >= 4 is 17.4 Å². The van der Waals surface area contributed by atoms with Gasteiger partial charge in [0.1, 0.15) is 11.5 Å². The van der Waals surface area contributed by atoms with Gasteiger partial charge >= 0.3 is 0 Å². The van der Waals surface area contributed by atoms with Crippen LogP contribution in [0.15, 0.2) is 48.0 Å². The van der Waals surface area contributed by atoms with Crippen LogP contribution in [0.2, 0.25) is 0 Å². The normalized spacial score (nSPS) is 17.1. The molecule has 1 aliphatic heterocycles. The first-order valence-corrected chi connectivity index (χ1v) is 12.5. The molecule has 3 rings (SSSR count). The number of aliphatic hydroxyl groups is 1. The van der Waals surface area contributed by atoms with Crippen molar-refractivity contribution in [2.24, 2.45) is 5.92 Å². The summed E-state index contributed by atoms with van der Waals surface area (Å²) >= 11 is 0. The fourth-order valence-corrected chi connectivity index (χ4v) is 4.16. The largest absolute Gasteiger partial charge is 0.507 e. The van der Waals surface area contributed by atoms with E-state index in [0.29, 0.717) is 53.9 Å². The lowest BCUT2D eigenvalue weighted by Gasteiger charge is -2.26. The third kappa shape index (κ3) is 6.63. The number of benzene rings is 2. The van der Waals surface area contributed by atoms with Gasteiger partial charge in [-0.3, -0.25) is 9.59 Å². The van der Waals surface area contributed by atoms with Gasteiger partial charge in [-0.05, 0) is 68.1 Å². The molecule has 1 aliphatic rings. The lowest BCUT2D eigenvalue weighted by molar-refractivity contribution is -0.140. The molecule has 0 aliphatic carbocycles. The molecule has 1 saturated heterocycles. The van der Waals surface area contributed by atoms with Gasteiger partial charge in [-0.2, -0.15) is 0 Å². The number of ketones is 1. The van der Waals surface area contributed by atoms with Gasteiger partial charge in [0.25, 0.3) is 11.7 Å². The Labute approximate surface area is 218 Å². The number of methoxy groups -OCH3 is 2. The minimum absolute atomic E-state index is 0.0258. The smallest absolute Gasteiger partial charge is 0.295 e. The molecule has 1 amide bonds. The van der Waals surface area contributed by atoms with E-state index in [0.717, 1.165) is 0 Å². The average Bonchev–Trinajstić information content (AvgIpc) is 3.14. The monoisotopic (exact) mass is 511 g/mol. The number of ether oxygens (including phenoxy) is 4. The fourth-order valence-electron chi connectivity index (χ4n) is 4.16. The highest BCUT2D eigenvalue weighted by Gasteiger charge is 2.46. The maximum atomic E-state index is 13.3. The summed E-state index contributed by atoms with van der Waals surface area (Å²) < 4.78 is 22.2. The maximum absolute atomic E-state index is 13.3. The zero-order valence-electron chi connectivity index (χ0n) is 22.4. The molecule has 2 aromatic carbocycles. The van der Waals surface area contributed by atoms with Crippen molar-refractivity contribution < 1.29 is 33.6 Å².